The van der Waals surface area contributed by atoms with Crippen LogP contribution in [0.5, 0.6) is 11.5 Å². The number of carbonyl (C=O) groups is 1. The van der Waals surface area contributed by atoms with E-state index < -0.39 is 9.71 Å². The van der Waals surface area contributed by atoms with Crippen LogP contribution in [0.15, 0.2) is 17.0 Å². The van der Waals surface area contributed by atoms with Gasteiger partial charge in [0.15, 0.2) is 11.5 Å². The van der Waals surface area contributed by atoms with E-state index in [1.807, 2.05) is 0 Å². The van der Waals surface area contributed by atoms with E-state index in [1.54, 1.807) is 11.0 Å². The predicted molar refractivity (Wildman–Crippen MR) is 87.1 cm³/mol. The molecule has 0 spiro atoms. The van der Waals surface area contributed by atoms with Crippen LogP contribution in [0.1, 0.15) is 12.8 Å². The van der Waals surface area contributed by atoms with Crippen molar-refractivity contribution in [1.29, 1.82) is 0 Å². The lowest BCUT2D eigenvalue weighted by atomic mass is 10.2. The Morgan fingerprint density at radius 1 is 1.27 bits per heavy atom. The lowest BCUT2D eigenvalue weighted by Gasteiger charge is -2.20. The average molecular weight is 327 g/mol. The predicted octanol–water partition coefficient (Wildman–Crippen LogP) is 1.28. The van der Waals surface area contributed by atoms with Gasteiger partial charge in [0.2, 0.25) is 0 Å². The van der Waals surface area contributed by atoms with Gasteiger partial charge in [0.1, 0.15) is 0 Å². The number of likely N-dealkylation sites (tertiary alicyclic amines) is 1. The molecule has 1 saturated heterocycles. The molecule has 7 nitrogen and oxygen atoms in total. The molecule has 1 fully saturated rings. The molecular formula is C14H21N3O4S. The first-order valence-corrected chi connectivity index (χ1v) is 8.63. The van der Waals surface area contributed by atoms with Gasteiger partial charge in [-0.1, -0.05) is 0 Å². The van der Waals surface area contributed by atoms with Gasteiger partial charge >= 0.3 is 6.03 Å². The van der Waals surface area contributed by atoms with Crippen LogP contribution in [0.2, 0.25) is 0 Å². The van der Waals surface area contributed by atoms with Crippen molar-refractivity contribution in [2.75, 3.05) is 32.6 Å². The molecule has 22 heavy (non-hydrogen) atoms. The van der Waals surface area contributed by atoms with E-state index in [0.717, 1.165) is 12.8 Å². The van der Waals surface area contributed by atoms with E-state index in [0.29, 0.717) is 30.3 Å². The minimum absolute atomic E-state index is 0.220. The number of ether oxygens (including phenoxy) is 2. The lowest BCUT2D eigenvalue weighted by Crippen LogP contribution is -2.32. The molecule has 0 aromatic heterocycles. The minimum Gasteiger partial charge on any atom is -0.493 e. The van der Waals surface area contributed by atoms with Crippen LogP contribution in [0.25, 0.3) is 0 Å². The summed E-state index contributed by atoms with van der Waals surface area (Å²) in [5, 5.41) is 8.39. The molecular weight excluding hydrogens is 306 g/mol. The first-order valence-electron chi connectivity index (χ1n) is 6.83. The lowest BCUT2D eigenvalue weighted by molar-refractivity contribution is 0.222. The van der Waals surface area contributed by atoms with Gasteiger partial charge in [-0.3, -0.25) is 5.14 Å². The maximum absolute atomic E-state index is 12.2. The number of methoxy groups -OCH3 is 2. The molecule has 1 aromatic carbocycles. The Labute approximate surface area is 130 Å². The summed E-state index contributed by atoms with van der Waals surface area (Å²) in [5.74, 6) is 4.26. The van der Waals surface area contributed by atoms with Crippen molar-refractivity contribution in [3.8, 4) is 11.5 Å². The SMILES string of the molecule is C=S(N)(=O)c1cc(OC)c(OC)cc1NC(=O)N1CCCC1. The van der Waals surface area contributed by atoms with Gasteiger partial charge in [0, 0.05) is 25.2 Å². The first kappa shape index (κ1) is 16.4. The number of urea groups is 1. The Kier molecular flexibility index (Phi) is 4.82. The fourth-order valence-corrected chi connectivity index (χ4v) is 3.15. The number of hydrogen-bond acceptors (Lipinski definition) is 4. The van der Waals surface area contributed by atoms with Gasteiger partial charge in [-0.2, -0.15) is 0 Å². The minimum atomic E-state index is -3.03. The Bertz CT molecular complexity index is 667. The number of anilines is 1. The van der Waals surface area contributed by atoms with E-state index >= 15 is 0 Å². The normalized spacial score (nSPS) is 17.0. The number of amides is 2. The zero-order valence-electron chi connectivity index (χ0n) is 12.8. The van der Waals surface area contributed by atoms with Crippen molar-refractivity contribution in [3.63, 3.8) is 0 Å². The van der Waals surface area contributed by atoms with Crippen LogP contribution in [-0.4, -0.2) is 48.3 Å². The van der Waals surface area contributed by atoms with E-state index in [1.165, 1.54) is 20.3 Å². The van der Waals surface area contributed by atoms with E-state index in [-0.39, 0.29) is 10.9 Å². The maximum Gasteiger partial charge on any atom is 0.321 e. The zero-order valence-corrected chi connectivity index (χ0v) is 13.6. The van der Waals surface area contributed by atoms with Crippen LogP contribution < -0.4 is 19.9 Å². The van der Waals surface area contributed by atoms with Crippen molar-refractivity contribution in [1.82, 2.24) is 4.90 Å². The van der Waals surface area contributed by atoms with Crippen LogP contribution in [0, 0.1) is 0 Å². The molecule has 1 atom stereocenters. The molecule has 0 radical (unpaired) electrons. The van der Waals surface area contributed by atoms with Crippen molar-refractivity contribution >= 4 is 27.3 Å². The maximum atomic E-state index is 12.2. The third-order valence-corrected chi connectivity index (χ3v) is 4.58. The molecule has 8 heteroatoms. The number of carbonyl (C=O) groups excluding carboxylic acids is 1. The first-order chi connectivity index (χ1) is 10.4. The Balaban J connectivity index is 2.41. The van der Waals surface area contributed by atoms with Crippen LogP contribution in [-0.2, 0) is 9.71 Å². The monoisotopic (exact) mass is 327 g/mol. The number of nitrogens with one attached hydrogen (secondary N) is 1. The molecule has 1 aromatic rings. The molecule has 0 bridgehead atoms. The Morgan fingerprint density at radius 2 is 1.82 bits per heavy atom. The molecule has 2 rings (SSSR count). The summed E-state index contributed by atoms with van der Waals surface area (Å²) in [4.78, 5) is 14.2. The van der Waals surface area contributed by atoms with Gasteiger partial charge in [0.25, 0.3) is 0 Å². The highest BCUT2D eigenvalue weighted by Gasteiger charge is 2.22. The van der Waals surface area contributed by atoms with Crippen molar-refractivity contribution in [2.24, 2.45) is 5.14 Å². The largest absolute Gasteiger partial charge is 0.493 e. The molecule has 122 valence electrons. The summed E-state index contributed by atoms with van der Waals surface area (Å²) in [6, 6.07) is 2.77. The van der Waals surface area contributed by atoms with E-state index in [4.69, 9.17) is 14.6 Å². The summed E-state index contributed by atoms with van der Waals surface area (Å²) < 4.78 is 22.6. The number of benzene rings is 1. The fraction of sp³-hybridized carbons (Fsp3) is 0.429. The number of rotatable bonds is 4. The third kappa shape index (κ3) is 3.45. The average Bonchev–Trinajstić information content (AvgIpc) is 2.99. The molecule has 1 aliphatic rings. The Hall–Kier alpha value is -1.93. The quantitative estimate of drug-likeness (QED) is 0.815. The summed E-state index contributed by atoms with van der Waals surface area (Å²) in [6.07, 6.45) is 1.96. The summed E-state index contributed by atoms with van der Waals surface area (Å²) >= 11 is 0. The van der Waals surface area contributed by atoms with E-state index in [9.17, 15) is 9.00 Å². The molecule has 0 saturated carbocycles. The van der Waals surface area contributed by atoms with Crippen LogP contribution in [0.3, 0.4) is 0 Å². The topological polar surface area (TPSA) is 93.9 Å². The Morgan fingerprint density at radius 3 is 2.32 bits per heavy atom. The second kappa shape index (κ2) is 6.45. The highest BCUT2D eigenvalue weighted by atomic mass is 32.2. The highest BCUT2D eigenvalue weighted by Crippen LogP contribution is 2.35. The molecule has 3 N–H and O–H groups in total. The molecule has 1 unspecified atom stereocenters. The van der Waals surface area contributed by atoms with Crippen molar-refractivity contribution in [2.45, 2.75) is 17.7 Å². The summed E-state index contributed by atoms with van der Waals surface area (Å²) in [6.45, 7) is 1.41. The number of nitrogens with two attached hydrogens (primary N) is 1. The van der Waals surface area contributed by atoms with Gasteiger partial charge in [0.05, 0.1) is 34.5 Å². The molecule has 1 aliphatic heterocycles. The second-order valence-electron chi connectivity index (χ2n) is 5.05. The van der Waals surface area contributed by atoms with Gasteiger partial charge in [-0.25, -0.2) is 9.00 Å². The molecule has 1 heterocycles. The second-order valence-corrected chi connectivity index (χ2v) is 6.95. The van der Waals surface area contributed by atoms with E-state index in [2.05, 4.69) is 11.2 Å². The van der Waals surface area contributed by atoms with Gasteiger partial charge in [-0.05, 0) is 18.7 Å². The molecule has 2 amide bonds. The third-order valence-electron chi connectivity index (χ3n) is 3.49. The van der Waals surface area contributed by atoms with Gasteiger partial charge < -0.3 is 19.7 Å². The van der Waals surface area contributed by atoms with Crippen molar-refractivity contribution < 1.29 is 18.5 Å². The smallest absolute Gasteiger partial charge is 0.321 e. The number of hydrogen-bond donors (Lipinski definition) is 2. The van der Waals surface area contributed by atoms with Crippen molar-refractivity contribution in [3.05, 3.63) is 12.1 Å². The summed E-state index contributed by atoms with van der Waals surface area (Å²) in [7, 11) is -0.0854. The zero-order chi connectivity index (χ0) is 16.3. The fourth-order valence-electron chi connectivity index (χ4n) is 2.36. The highest BCUT2D eigenvalue weighted by molar-refractivity contribution is 7.98. The standard InChI is InChI=1S/C14H21N3O4S/c1-20-11-8-10(16-14(18)17-6-4-5-7-17)13(22(3,15)19)9-12(11)21-2/h8-9H,3-7H2,1-2H3,(H2,15,19)(H,16,18). The molecule has 0 aliphatic carbocycles. The number of nitrogens with zero attached hydrogens (tertiary/aromatic N) is 1. The van der Waals surface area contributed by atoms with Crippen LogP contribution in [0.4, 0.5) is 10.5 Å². The van der Waals surface area contributed by atoms with Gasteiger partial charge in [-0.15, -0.1) is 0 Å². The summed E-state index contributed by atoms with van der Waals surface area (Å²) in [5.41, 5.74) is 0.317. The van der Waals surface area contributed by atoms with Crippen LogP contribution >= 0.6 is 0 Å².